The van der Waals surface area contributed by atoms with Gasteiger partial charge in [-0.1, -0.05) is 42.5 Å². The summed E-state index contributed by atoms with van der Waals surface area (Å²) >= 11 is 7.94. The molecule has 2 heterocycles. The lowest BCUT2D eigenvalue weighted by Crippen LogP contribution is -2.30. The summed E-state index contributed by atoms with van der Waals surface area (Å²) < 4.78 is 0.902. The van der Waals surface area contributed by atoms with Crippen molar-refractivity contribution in [3.63, 3.8) is 0 Å². The highest BCUT2D eigenvalue weighted by Gasteiger charge is 2.35. The highest BCUT2D eigenvalue weighted by molar-refractivity contribution is 7.21. The number of phenols is 1. The minimum atomic E-state index is -0.141. The molecule has 0 radical (unpaired) electrons. The number of carbonyl (C=O) groups excluding carboxylic acids is 2. The van der Waals surface area contributed by atoms with Gasteiger partial charge in [-0.25, -0.2) is 4.98 Å². The van der Waals surface area contributed by atoms with Gasteiger partial charge in [0.25, 0.3) is 5.91 Å². The SMILES string of the molecule is Cc1cccc2c(O)cc3c(c12)[C@H](CCl)CN3C(=O)c1ccc2nc(-c3ccc(CC(=O)c4ccc(N)cc4)cc3)sc2c1. The Morgan fingerprint density at radius 2 is 1.75 bits per heavy atom. The van der Waals surface area contributed by atoms with E-state index in [9.17, 15) is 14.7 Å². The van der Waals surface area contributed by atoms with E-state index in [-0.39, 0.29) is 23.4 Å². The van der Waals surface area contributed by atoms with Crippen LogP contribution in [0.25, 0.3) is 31.6 Å². The number of aromatic nitrogens is 1. The van der Waals surface area contributed by atoms with E-state index < -0.39 is 0 Å². The number of fused-ring (bicyclic) bond motifs is 4. The fraction of sp³-hybridized carbons (Fsp3) is 0.139. The summed E-state index contributed by atoms with van der Waals surface area (Å²) in [5, 5.41) is 13.4. The van der Waals surface area contributed by atoms with Crippen LogP contribution < -0.4 is 10.6 Å². The number of thiazole rings is 1. The summed E-state index contributed by atoms with van der Waals surface area (Å²) in [6.45, 7) is 2.46. The maximum absolute atomic E-state index is 13.9. The molecule has 0 saturated heterocycles. The van der Waals surface area contributed by atoms with Crippen LogP contribution in [0.5, 0.6) is 5.75 Å². The molecule has 5 aromatic carbocycles. The molecule has 1 aliphatic heterocycles. The Kier molecular flexibility index (Phi) is 7.07. The summed E-state index contributed by atoms with van der Waals surface area (Å²) in [5.74, 6) is 0.378. The van der Waals surface area contributed by atoms with E-state index in [1.54, 1.807) is 41.3 Å². The largest absolute Gasteiger partial charge is 0.507 e. The number of benzene rings is 5. The molecule has 0 saturated carbocycles. The number of Topliss-reactive ketones (excluding diaryl/α,β-unsaturated/α-hetero) is 1. The van der Waals surface area contributed by atoms with E-state index in [1.807, 2.05) is 61.5 Å². The van der Waals surface area contributed by atoms with Gasteiger partial charge >= 0.3 is 0 Å². The van der Waals surface area contributed by atoms with Crippen LogP contribution in [-0.4, -0.2) is 34.2 Å². The molecular weight excluding hydrogens is 590 g/mol. The van der Waals surface area contributed by atoms with Crippen LogP contribution >= 0.6 is 22.9 Å². The molecule has 1 amide bonds. The quantitative estimate of drug-likeness (QED) is 0.112. The number of nitrogens with two attached hydrogens (primary N) is 1. The van der Waals surface area contributed by atoms with Gasteiger partial charge in [0.05, 0.1) is 15.9 Å². The summed E-state index contributed by atoms with van der Waals surface area (Å²) in [4.78, 5) is 33.1. The van der Waals surface area contributed by atoms with Crippen LogP contribution in [-0.2, 0) is 6.42 Å². The Morgan fingerprint density at radius 1 is 1.00 bits per heavy atom. The number of nitrogens with zero attached hydrogens (tertiary/aromatic N) is 2. The molecule has 0 spiro atoms. The first-order valence-electron chi connectivity index (χ1n) is 14.3. The van der Waals surface area contributed by atoms with Gasteiger partial charge in [-0.3, -0.25) is 9.59 Å². The second kappa shape index (κ2) is 11.1. The standard InChI is InChI=1S/C36H28ClN3O3S/c1-20-3-2-4-27-31(42)17-29-34(33(20)27)25(18-37)19-40(29)36(43)24-11-14-28-32(16-24)44-35(39-28)23-7-5-21(6-8-23)15-30(41)22-9-12-26(38)13-10-22/h2-14,16-17,25,42H,15,18-19,38H2,1H3/t25-/m1/s1. The zero-order valence-corrected chi connectivity index (χ0v) is 25.5. The molecule has 8 heteroatoms. The molecule has 1 aliphatic rings. The van der Waals surface area contributed by atoms with Crippen molar-refractivity contribution < 1.29 is 14.7 Å². The average molecular weight is 618 g/mol. The number of carbonyl (C=O) groups is 2. The number of hydrogen-bond acceptors (Lipinski definition) is 6. The maximum Gasteiger partial charge on any atom is 0.258 e. The smallest absolute Gasteiger partial charge is 0.258 e. The van der Waals surface area contributed by atoms with Crippen molar-refractivity contribution in [2.75, 3.05) is 23.1 Å². The third kappa shape index (κ3) is 4.88. The Bertz CT molecular complexity index is 2090. The topological polar surface area (TPSA) is 96.5 Å². The molecule has 218 valence electrons. The minimum absolute atomic E-state index is 0.0338. The van der Waals surface area contributed by atoms with Gasteiger partial charge in [-0.15, -0.1) is 22.9 Å². The number of halogens is 1. The van der Waals surface area contributed by atoms with Gasteiger partial charge in [-0.2, -0.15) is 0 Å². The molecule has 7 rings (SSSR count). The normalized spacial score (nSPS) is 14.3. The Hall–Kier alpha value is -4.72. The summed E-state index contributed by atoms with van der Waals surface area (Å²) in [6.07, 6.45) is 0.298. The number of alkyl halides is 1. The van der Waals surface area contributed by atoms with Gasteiger partial charge < -0.3 is 15.7 Å². The molecule has 6 aromatic rings. The van der Waals surface area contributed by atoms with E-state index in [0.29, 0.717) is 41.3 Å². The number of phenolic OH excluding ortho intramolecular Hbond substituents is 1. The monoisotopic (exact) mass is 617 g/mol. The Balaban J connectivity index is 1.15. The molecule has 6 nitrogen and oxygen atoms in total. The van der Waals surface area contributed by atoms with Crippen molar-refractivity contribution in [2.24, 2.45) is 0 Å². The number of aromatic hydroxyl groups is 1. The Labute approximate surface area is 263 Å². The second-order valence-corrected chi connectivity index (χ2v) is 12.6. The lowest BCUT2D eigenvalue weighted by molar-refractivity contribution is 0.0982. The van der Waals surface area contributed by atoms with Crippen molar-refractivity contribution >= 4 is 67.0 Å². The highest BCUT2D eigenvalue weighted by Crippen LogP contribution is 2.46. The number of anilines is 2. The second-order valence-electron chi connectivity index (χ2n) is 11.2. The first-order chi connectivity index (χ1) is 21.3. The fourth-order valence-electron chi connectivity index (χ4n) is 6.08. The minimum Gasteiger partial charge on any atom is -0.507 e. The van der Waals surface area contributed by atoms with Crippen molar-refractivity contribution in [1.29, 1.82) is 0 Å². The third-order valence-electron chi connectivity index (χ3n) is 8.33. The van der Waals surface area contributed by atoms with E-state index >= 15 is 0 Å². The van der Waals surface area contributed by atoms with Crippen LogP contribution in [0.15, 0.2) is 91.0 Å². The molecule has 1 atom stereocenters. The van der Waals surface area contributed by atoms with Crippen molar-refractivity contribution in [2.45, 2.75) is 19.3 Å². The van der Waals surface area contributed by atoms with Crippen molar-refractivity contribution in [3.8, 4) is 16.3 Å². The van der Waals surface area contributed by atoms with Crippen LogP contribution in [0.3, 0.4) is 0 Å². The first kappa shape index (κ1) is 28.1. The molecule has 3 N–H and O–H groups in total. The highest BCUT2D eigenvalue weighted by atomic mass is 35.5. The predicted molar refractivity (Wildman–Crippen MR) is 179 cm³/mol. The number of aryl methyl sites for hydroxylation is 1. The lowest BCUT2D eigenvalue weighted by Gasteiger charge is -2.19. The Morgan fingerprint density at radius 3 is 2.50 bits per heavy atom. The van der Waals surface area contributed by atoms with Crippen LogP contribution in [0.4, 0.5) is 11.4 Å². The lowest BCUT2D eigenvalue weighted by atomic mass is 9.92. The van der Waals surface area contributed by atoms with Crippen LogP contribution in [0, 0.1) is 6.92 Å². The summed E-state index contributed by atoms with van der Waals surface area (Å²) in [6, 6.07) is 27.9. The van der Waals surface area contributed by atoms with E-state index in [1.165, 1.54) is 11.3 Å². The maximum atomic E-state index is 13.9. The molecular formula is C36H28ClN3O3S. The number of ketones is 1. The summed E-state index contributed by atoms with van der Waals surface area (Å²) in [5.41, 5.74) is 13.0. The molecule has 44 heavy (non-hydrogen) atoms. The fourth-order valence-corrected chi connectivity index (χ4v) is 7.34. The van der Waals surface area contributed by atoms with E-state index in [0.717, 1.165) is 48.3 Å². The molecule has 1 aromatic heterocycles. The summed E-state index contributed by atoms with van der Waals surface area (Å²) in [7, 11) is 0. The molecule has 0 fully saturated rings. The van der Waals surface area contributed by atoms with Gasteiger partial charge in [0.2, 0.25) is 0 Å². The van der Waals surface area contributed by atoms with E-state index in [4.69, 9.17) is 22.3 Å². The average Bonchev–Trinajstić information content (AvgIpc) is 3.63. The number of rotatable bonds is 6. The van der Waals surface area contributed by atoms with Gasteiger partial charge in [0.15, 0.2) is 5.78 Å². The predicted octanol–water partition coefficient (Wildman–Crippen LogP) is 8.12. The molecule has 0 unspecified atom stereocenters. The van der Waals surface area contributed by atoms with Crippen molar-refractivity contribution in [3.05, 3.63) is 119 Å². The van der Waals surface area contributed by atoms with Gasteiger partial charge in [-0.05, 0) is 71.5 Å². The third-order valence-corrected chi connectivity index (χ3v) is 9.77. The zero-order valence-electron chi connectivity index (χ0n) is 23.9. The zero-order chi connectivity index (χ0) is 30.5. The molecule has 0 aliphatic carbocycles. The van der Waals surface area contributed by atoms with Gasteiger partial charge in [0, 0.05) is 58.6 Å². The van der Waals surface area contributed by atoms with E-state index in [2.05, 4.69) is 0 Å². The van der Waals surface area contributed by atoms with Crippen molar-refractivity contribution in [1.82, 2.24) is 4.98 Å². The van der Waals surface area contributed by atoms with Gasteiger partial charge in [0.1, 0.15) is 10.8 Å². The number of nitrogen functional groups attached to an aromatic ring is 1. The molecule has 0 bridgehead atoms. The van der Waals surface area contributed by atoms with Crippen LogP contribution in [0.1, 0.15) is 43.3 Å². The number of amides is 1. The number of hydrogen-bond donors (Lipinski definition) is 2. The van der Waals surface area contributed by atoms with Crippen LogP contribution in [0.2, 0.25) is 0 Å². The first-order valence-corrected chi connectivity index (χ1v) is 15.7.